The van der Waals surface area contributed by atoms with Crippen LogP contribution in [0.4, 0.5) is 17.1 Å². The standard InChI is InChI=1S/C25H30N4O2/c1-17-6-7-18(2)23(15-17)27-11-13-28(14-12-27)25(31)19-8-9-21-20(16-19)26-24(30)22-5-3-4-10-29(21)22/h6-9,15-16,22H,3-5,10-14H2,1-2H3,(H,26,30)/t22-/m0/s1. The summed E-state index contributed by atoms with van der Waals surface area (Å²) in [7, 11) is 0. The van der Waals surface area contributed by atoms with Crippen molar-refractivity contribution < 1.29 is 9.59 Å². The Kier molecular flexibility index (Phi) is 5.08. The molecule has 0 saturated carbocycles. The normalized spacial score (nSPS) is 20.8. The van der Waals surface area contributed by atoms with Gasteiger partial charge in [-0.25, -0.2) is 0 Å². The average Bonchev–Trinajstić information content (AvgIpc) is 2.80. The van der Waals surface area contributed by atoms with E-state index in [1.54, 1.807) is 0 Å². The fraction of sp³-hybridized carbons (Fsp3) is 0.440. The van der Waals surface area contributed by atoms with E-state index in [9.17, 15) is 9.59 Å². The number of hydrogen-bond acceptors (Lipinski definition) is 4. The summed E-state index contributed by atoms with van der Waals surface area (Å²) in [5.74, 6) is 0.0948. The van der Waals surface area contributed by atoms with Gasteiger partial charge in [-0.1, -0.05) is 12.1 Å². The van der Waals surface area contributed by atoms with Crippen molar-refractivity contribution in [2.75, 3.05) is 47.8 Å². The van der Waals surface area contributed by atoms with E-state index in [1.807, 2.05) is 23.1 Å². The van der Waals surface area contributed by atoms with E-state index in [1.165, 1.54) is 16.8 Å². The molecule has 5 rings (SSSR count). The van der Waals surface area contributed by atoms with Gasteiger partial charge in [-0.2, -0.15) is 0 Å². The van der Waals surface area contributed by atoms with Crippen LogP contribution in [0, 0.1) is 13.8 Å². The number of nitrogens with one attached hydrogen (secondary N) is 1. The Morgan fingerprint density at radius 1 is 0.935 bits per heavy atom. The van der Waals surface area contributed by atoms with Crippen molar-refractivity contribution >= 4 is 28.9 Å². The highest BCUT2D eigenvalue weighted by atomic mass is 16.2. The van der Waals surface area contributed by atoms with Crippen LogP contribution in [-0.4, -0.2) is 55.5 Å². The van der Waals surface area contributed by atoms with Gasteiger partial charge in [0.2, 0.25) is 5.91 Å². The lowest BCUT2D eigenvalue weighted by molar-refractivity contribution is -0.118. The summed E-state index contributed by atoms with van der Waals surface area (Å²) in [6.07, 6.45) is 3.10. The zero-order chi connectivity index (χ0) is 21.5. The molecule has 0 bridgehead atoms. The molecule has 0 aromatic heterocycles. The lowest BCUT2D eigenvalue weighted by Crippen LogP contribution is -2.51. The zero-order valence-corrected chi connectivity index (χ0v) is 18.4. The van der Waals surface area contributed by atoms with Crippen molar-refractivity contribution in [3.63, 3.8) is 0 Å². The number of carbonyl (C=O) groups is 2. The molecule has 0 spiro atoms. The van der Waals surface area contributed by atoms with Gasteiger partial charge >= 0.3 is 0 Å². The molecule has 1 N–H and O–H groups in total. The highest BCUT2D eigenvalue weighted by Crippen LogP contribution is 2.36. The topological polar surface area (TPSA) is 55.9 Å². The Hall–Kier alpha value is -3.02. The summed E-state index contributed by atoms with van der Waals surface area (Å²) in [6, 6.07) is 12.2. The molecular weight excluding hydrogens is 388 g/mol. The van der Waals surface area contributed by atoms with Crippen LogP contribution in [0.25, 0.3) is 0 Å². The van der Waals surface area contributed by atoms with E-state index in [2.05, 4.69) is 47.2 Å². The second kappa shape index (κ2) is 7.91. The number of aryl methyl sites for hydroxylation is 2. The van der Waals surface area contributed by atoms with Gasteiger partial charge in [0.1, 0.15) is 6.04 Å². The minimum absolute atomic E-state index is 0.0402. The molecule has 3 aliphatic heterocycles. The quantitative estimate of drug-likeness (QED) is 0.810. The number of carbonyl (C=O) groups excluding carboxylic acids is 2. The van der Waals surface area contributed by atoms with E-state index in [-0.39, 0.29) is 17.9 Å². The summed E-state index contributed by atoms with van der Waals surface area (Å²) in [5.41, 5.74) is 6.25. The Balaban J connectivity index is 1.30. The van der Waals surface area contributed by atoms with Crippen LogP contribution in [0.1, 0.15) is 40.7 Å². The third kappa shape index (κ3) is 3.64. The van der Waals surface area contributed by atoms with Crippen LogP contribution in [0.3, 0.4) is 0 Å². The molecule has 6 nitrogen and oxygen atoms in total. The minimum atomic E-state index is -0.0686. The number of nitrogens with zero attached hydrogens (tertiary/aromatic N) is 3. The predicted octanol–water partition coefficient (Wildman–Crippen LogP) is 3.58. The highest BCUT2D eigenvalue weighted by molar-refractivity contribution is 6.05. The Morgan fingerprint density at radius 3 is 2.55 bits per heavy atom. The Morgan fingerprint density at radius 2 is 1.74 bits per heavy atom. The first-order valence-electron chi connectivity index (χ1n) is 11.3. The molecule has 2 amide bonds. The molecule has 0 radical (unpaired) electrons. The number of piperidine rings is 1. The van der Waals surface area contributed by atoms with Crippen LogP contribution in [-0.2, 0) is 4.79 Å². The van der Waals surface area contributed by atoms with Gasteiger partial charge in [-0.05, 0) is 68.5 Å². The molecule has 0 unspecified atom stereocenters. The van der Waals surface area contributed by atoms with Crippen LogP contribution in [0.2, 0.25) is 0 Å². The Bertz CT molecular complexity index is 1030. The van der Waals surface area contributed by atoms with Gasteiger partial charge in [0, 0.05) is 44.0 Å². The van der Waals surface area contributed by atoms with Crippen molar-refractivity contribution in [3.8, 4) is 0 Å². The number of fused-ring (bicyclic) bond motifs is 3. The predicted molar refractivity (Wildman–Crippen MR) is 124 cm³/mol. The first-order chi connectivity index (χ1) is 15.0. The third-order valence-corrected chi connectivity index (χ3v) is 6.89. The van der Waals surface area contributed by atoms with Crippen molar-refractivity contribution in [1.29, 1.82) is 0 Å². The first kappa shape index (κ1) is 19.9. The SMILES string of the molecule is Cc1ccc(C)c(N2CCN(C(=O)c3ccc4c(c3)NC(=O)[C@@H]3CCCCN43)CC2)c1. The van der Waals surface area contributed by atoms with Crippen molar-refractivity contribution in [1.82, 2.24) is 4.90 Å². The summed E-state index contributed by atoms with van der Waals surface area (Å²) in [4.78, 5) is 32.2. The average molecular weight is 419 g/mol. The fourth-order valence-electron chi connectivity index (χ4n) is 5.12. The van der Waals surface area contributed by atoms with Gasteiger partial charge in [-0.3, -0.25) is 9.59 Å². The molecule has 3 aliphatic rings. The zero-order valence-electron chi connectivity index (χ0n) is 18.4. The minimum Gasteiger partial charge on any atom is -0.368 e. The molecule has 3 heterocycles. The van der Waals surface area contributed by atoms with Gasteiger partial charge in [0.15, 0.2) is 0 Å². The maximum absolute atomic E-state index is 13.2. The largest absolute Gasteiger partial charge is 0.368 e. The Labute approximate surface area is 183 Å². The number of anilines is 3. The third-order valence-electron chi connectivity index (χ3n) is 6.89. The van der Waals surface area contributed by atoms with Gasteiger partial charge in [0.25, 0.3) is 5.91 Å². The second-order valence-corrected chi connectivity index (χ2v) is 9.00. The molecule has 2 aromatic rings. The summed E-state index contributed by atoms with van der Waals surface area (Å²) in [6.45, 7) is 8.21. The molecule has 31 heavy (non-hydrogen) atoms. The van der Waals surface area contributed by atoms with Crippen molar-refractivity contribution in [3.05, 3.63) is 53.1 Å². The van der Waals surface area contributed by atoms with Gasteiger partial charge in [-0.15, -0.1) is 0 Å². The summed E-state index contributed by atoms with van der Waals surface area (Å²) < 4.78 is 0. The summed E-state index contributed by atoms with van der Waals surface area (Å²) >= 11 is 0. The molecule has 2 saturated heterocycles. The number of benzene rings is 2. The smallest absolute Gasteiger partial charge is 0.254 e. The van der Waals surface area contributed by atoms with E-state index in [0.29, 0.717) is 18.7 Å². The van der Waals surface area contributed by atoms with Crippen LogP contribution >= 0.6 is 0 Å². The number of hydrogen-bond donors (Lipinski definition) is 1. The van der Waals surface area contributed by atoms with Crippen molar-refractivity contribution in [2.24, 2.45) is 0 Å². The highest BCUT2D eigenvalue weighted by Gasteiger charge is 2.35. The summed E-state index contributed by atoms with van der Waals surface area (Å²) in [5, 5.41) is 3.04. The van der Waals surface area contributed by atoms with Crippen LogP contribution < -0.4 is 15.1 Å². The maximum atomic E-state index is 13.2. The lowest BCUT2D eigenvalue weighted by atomic mass is 9.96. The van der Waals surface area contributed by atoms with Gasteiger partial charge < -0.3 is 20.0 Å². The molecule has 2 fully saturated rings. The van der Waals surface area contributed by atoms with E-state index >= 15 is 0 Å². The lowest BCUT2D eigenvalue weighted by Gasteiger charge is -2.41. The van der Waals surface area contributed by atoms with Crippen molar-refractivity contribution in [2.45, 2.75) is 39.2 Å². The number of amides is 2. The molecule has 0 aliphatic carbocycles. The molecular formula is C25H30N4O2. The number of rotatable bonds is 2. The first-order valence-corrected chi connectivity index (χ1v) is 11.3. The molecule has 6 heteroatoms. The second-order valence-electron chi connectivity index (χ2n) is 9.00. The monoisotopic (exact) mass is 418 g/mol. The maximum Gasteiger partial charge on any atom is 0.254 e. The van der Waals surface area contributed by atoms with Gasteiger partial charge in [0.05, 0.1) is 11.4 Å². The molecule has 2 aromatic carbocycles. The van der Waals surface area contributed by atoms with E-state index < -0.39 is 0 Å². The van der Waals surface area contributed by atoms with E-state index in [0.717, 1.165) is 50.3 Å². The molecule has 1 atom stereocenters. The van der Waals surface area contributed by atoms with Crippen LogP contribution in [0.15, 0.2) is 36.4 Å². The number of piperazine rings is 1. The van der Waals surface area contributed by atoms with Crippen LogP contribution in [0.5, 0.6) is 0 Å². The molecule has 162 valence electrons. The fourth-order valence-corrected chi connectivity index (χ4v) is 5.12. The van der Waals surface area contributed by atoms with E-state index in [4.69, 9.17) is 0 Å².